The van der Waals surface area contributed by atoms with Crippen molar-refractivity contribution < 1.29 is 13.9 Å². The number of rotatable bonds is 5. The van der Waals surface area contributed by atoms with Gasteiger partial charge in [-0.2, -0.15) is 0 Å². The summed E-state index contributed by atoms with van der Waals surface area (Å²) in [6, 6.07) is 13.8. The second kappa shape index (κ2) is 9.13. The van der Waals surface area contributed by atoms with Gasteiger partial charge in [0.15, 0.2) is 0 Å². The molecule has 0 aliphatic heterocycles. The molecule has 27 heavy (non-hydrogen) atoms. The lowest BCUT2D eigenvalue weighted by Gasteiger charge is -2.46. The average Bonchev–Trinajstić information content (AvgIpc) is 2.60. The minimum absolute atomic E-state index is 0. The van der Waals surface area contributed by atoms with Gasteiger partial charge in [0.05, 0.1) is 5.60 Å². The highest BCUT2D eigenvalue weighted by atomic mass is 35.5. The highest BCUT2D eigenvalue weighted by Gasteiger charge is 2.44. The second-order valence-corrected chi connectivity index (χ2v) is 7.69. The Balaban J connectivity index is 0.00000261. The summed E-state index contributed by atoms with van der Waals surface area (Å²) in [7, 11) is 4.04. The van der Waals surface area contributed by atoms with Gasteiger partial charge in [0.25, 0.3) is 0 Å². The molecule has 2 aromatic carbocycles. The molecule has 1 saturated carbocycles. The van der Waals surface area contributed by atoms with Crippen LogP contribution < -0.4 is 0 Å². The standard InChI is InChI=1S/C22H27F2NO.ClH/c1-25(2)21(16-8-4-3-5-9-16)19-10-6-7-13-22(19,26)15-17-11-12-18(23)14-20(17)24;/h3-5,8-9,11-12,14,19,21,26H,6-7,10,13,15H2,1-2H3;1H. The number of nitrogens with zero attached hydrogens (tertiary/aromatic N) is 1. The summed E-state index contributed by atoms with van der Waals surface area (Å²) in [5, 5.41) is 11.6. The maximum absolute atomic E-state index is 14.2. The van der Waals surface area contributed by atoms with Crippen molar-refractivity contribution in [3.8, 4) is 0 Å². The average molecular weight is 396 g/mol. The van der Waals surface area contributed by atoms with E-state index >= 15 is 0 Å². The molecule has 1 aliphatic carbocycles. The Hall–Kier alpha value is -1.49. The normalized spacial score (nSPS) is 23.7. The number of hydrogen-bond donors (Lipinski definition) is 1. The van der Waals surface area contributed by atoms with Crippen molar-refractivity contribution in [3.63, 3.8) is 0 Å². The fourth-order valence-electron chi connectivity index (χ4n) is 4.46. The molecule has 0 radical (unpaired) electrons. The van der Waals surface area contributed by atoms with Crippen molar-refractivity contribution in [2.24, 2.45) is 5.92 Å². The molecule has 1 aliphatic rings. The van der Waals surface area contributed by atoms with Gasteiger partial charge >= 0.3 is 0 Å². The van der Waals surface area contributed by atoms with Crippen LogP contribution in [0.4, 0.5) is 8.78 Å². The van der Waals surface area contributed by atoms with Gasteiger partial charge in [-0.1, -0.05) is 49.2 Å². The van der Waals surface area contributed by atoms with Gasteiger partial charge in [-0.25, -0.2) is 8.78 Å². The van der Waals surface area contributed by atoms with Crippen LogP contribution in [0.2, 0.25) is 0 Å². The molecule has 5 heteroatoms. The molecular formula is C22H28ClF2NO. The van der Waals surface area contributed by atoms with Crippen molar-refractivity contribution in [2.45, 2.75) is 43.7 Å². The first-order valence-corrected chi connectivity index (χ1v) is 9.28. The molecule has 1 fully saturated rings. The molecule has 0 bridgehead atoms. The molecule has 3 rings (SSSR count). The van der Waals surface area contributed by atoms with E-state index in [2.05, 4.69) is 17.0 Å². The number of benzene rings is 2. The fourth-order valence-corrected chi connectivity index (χ4v) is 4.46. The van der Waals surface area contributed by atoms with Crippen molar-refractivity contribution in [2.75, 3.05) is 14.1 Å². The monoisotopic (exact) mass is 395 g/mol. The number of hydrogen-bond acceptors (Lipinski definition) is 2. The highest BCUT2D eigenvalue weighted by molar-refractivity contribution is 5.85. The van der Waals surface area contributed by atoms with E-state index in [1.54, 1.807) is 0 Å². The van der Waals surface area contributed by atoms with Crippen LogP contribution in [-0.4, -0.2) is 29.7 Å². The molecule has 2 nitrogen and oxygen atoms in total. The van der Waals surface area contributed by atoms with E-state index in [9.17, 15) is 13.9 Å². The predicted octanol–water partition coefficient (Wildman–Crippen LogP) is 5.15. The summed E-state index contributed by atoms with van der Waals surface area (Å²) in [6.07, 6.45) is 3.70. The van der Waals surface area contributed by atoms with Gasteiger partial charge in [0.2, 0.25) is 0 Å². The highest BCUT2D eigenvalue weighted by Crippen LogP contribution is 2.45. The van der Waals surface area contributed by atoms with Crippen molar-refractivity contribution in [3.05, 3.63) is 71.3 Å². The maximum Gasteiger partial charge on any atom is 0.129 e. The quantitative estimate of drug-likeness (QED) is 0.756. The van der Waals surface area contributed by atoms with Crippen molar-refractivity contribution in [1.82, 2.24) is 4.90 Å². The maximum atomic E-state index is 14.2. The fraction of sp³-hybridized carbons (Fsp3) is 0.455. The number of halogens is 3. The molecule has 1 N–H and O–H groups in total. The first-order chi connectivity index (χ1) is 12.4. The van der Waals surface area contributed by atoms with E-state index in [1.807, 2.05) is 32.3 Å². The zero-order valence-electron chi connectivity index (χ0n) is 15.9. The Kier molecular flexibility index (Phi) is 7.38. The van der Waals surface area contributed by atoms with Crippen LogP contribution in [0.3, 0.4) is 0 Å². The van der Waals surface area contributed by atoms with E-state index in [0.29, 0.717) is 12.0 Å². The van der Waals surface area contributed by atoms with Crippen LogP contribution in [-0.2, 0) is 6.42 Å². The summed E-state index contributed by atoms with van der Waals surface area (Å²) in [4.78, 5) is 2.14. The summed E-state index contributed by atoms with van der Waals surface area (Å²) in [5.74, 6) is -1.18. The Morgan fingerprint density at radius 3 is 2.44 bits per heavy atom. The molecule has 0 heterocycles. The van der Waals surface area contributed by atoms with E-state index in [4.69, 9.17) is 0 Å². The Morgan fingerprint density at radius 2 is 1.81 bits per heavy atom. The van der Waals surface area contributed by atoms with Crippen LogP contribution in [0.25, 0.3) is 0 Å². The number of aliphatic hydroxyl groups is 1. The summed E-state index contributed by atoms with van der Waals surface area (Å²) in [6.45, 7) is 0. The zero-order valence-corrected chi connectivity index (χ0v) is 16.7. The van der Waals surface area contributed by atoms with E-state index in [1.165, 1.54) is 12.1 Å². The van der Waals surface area contributed by atoms with Crippen LogP contribution in [0.5, 0.6) is 0 Å². The molecular weight excluding hydrogens is 368 g/mol. The van der Waals surface area contributed by atoms with Gasteiger partial charge in [-0.3, -0.25) is 0 Å². The molecule has 3 unspecified atom stereocenters. The molecule has 3 atom stereocenters. The lowest BCUT2D eigenvalue weighted by atomic mass is 9.67. The van der Waals surface area contributed by atoms with Crippen LogP contribution in [0, 0.1) is 17.6 Å². The van der Waals surface area contributed by atoms with E-state index < -0.39 is 17.2 Å². The smallest absolute Gasteiger partial charge is 0.129 e. The molecule has 148 valence electrons. The largest absolute Gasteiger partial charge is 0.389 e. The van der Waals surface area contributed by atoms with Gasteiger partial charge in [-0.15, -0.1) is 12.4 Å². The molecule has 2 aromatic rings. The van der Waals surface area contributed by atoms with E-state index in [0.717, 1.165) is 30.9 Å². The zero-order chi connectivity index (χ0) is 18.7. The van der Waals surface area contributed by atoms with Crippen LogP contribution >= 0.6 is 12.4 Å². The summed E-state index contributed by atoms with van der Waals surface area (Å²) >= 11 is 0. The van der Waals surface area contributed by atoms with Gasteiger partial charge < -0.3 is 10.0 Å². The Labute approximate surface area is 166 Å². The predicted molar refractivity (Wildman–Crippen MR) is 107 cm³/mol. The lowest BCUT2D eigenvalue weighted by molar-refractivity contribution is -0.0775. The van der Waals surface area contributed by atoms with Crippen molar-refractivity contribution in [1.29, 1.82) is 0 Å². The molecule has 0 saturated heterocycles. The third kappa shape index (κ3) is 4.87. The third-order valence-electron chi connectivity index (χ3n) is 5.66. The summed E-state index contributed by atoms with van der Waals surface area (Å²) in [5.41, 5.74) is 0.524. The second-order valence-electron chi connectivity index (χ2n) is 7.69. The minimum Gasteiger partial charge on any atom is -0.389 e. The summed E-state index contributed by atoms with van der Waals surface area (Å²) < 4.78 is 27.5. The molecule has 0 aromatic heterocycles. The Bertz CT molecular complexity index is 740. The SMILES string of the molecule is CN(C)C(c1ccccc1)C1CCCCC1(O)Cc1ccc(F)cc1F.Cl. The minimum atomic E-state index is -1.01. The van der Waals surface area contributed by atoms with E-state index in [-0.39, 0.29) is 30.8 Å². The van der Waals surface area contributed by atoms with Crippen molar-refractivity contribution >= 4 is 12.4 Å². The van der Waals surface area contributed by atoms with Gasteiger partial charge in [0, 0.05) is 24.4 Å². The van der Waals surface area contributed by atoms with Crippen LogP contribution in [0.1, 0.15) is 42.9 Å². The first kappa shape index (κ1) is 21.8. The third-order valence-corrected chi connectivity index (χ3v) is 5.66. The lowest BCUT2D eigenvalue weighted by Crippen LogP contribution is -2.48. The Morgan fingerprint density at radius 1 is 1.11 bits per heavy atom. The van der Waals surface area contributed by atoms with Gasteiger partial charge in [0.1, 0.15) is 11.6 Å². The molecule has 0 amide bonds. The topological polar surface area (TPSA) is 23.5 Å². The van der Waals surface area contributed by atoms with Gasteiger partial charge in [-0.05, 0) is 44.1 Å². The van der Waals surface area contributed by atoms with Crippen LogP contribution in [0.15, 0.2) is 48.5 Å². The first-order valence-electron chi connectivity index (χ1n) is 9.28. The molecule has 0 spiro atoms.